The highest BCUT2D eigenvalue weighted by Crippen LogP contribution is 2.41. The Morgan fingerprint density at radius 3 is 2.04 bits per heavy atom. The van der Waals surface area contributed by atoms with Crippen LogP contribution in [0.4, 0.5) is 0 Å². The summed E-state index contributed by atoms with van der Waals surface area (Å²) in [6, 6.07) is 29.4. The van der Waals surface area contributed by atoms with Crippen LogP contribution in [-0.4, -0.2) is 56.4 Å². The van der Waals surface area contributed by atoms with Crippen LogP contribution in [0.3, 0.4) is 0 Å². The fourth-order valence-corrected chi connectivity index (χ4v) is 7.20. The average Bonchev–Trinajstić information content (AvgIpc) is 3.46. The molecule has 2 aliphatic heterocycles. The predicted molar refractivity (Wildman–Crippen MR) is 190 cm³/mol. The zero-order chi connectivity index (χ0) is 34.9. The fraction of sp³-hybridized carbons (Fsp3) is 0.294. The lowest BCUT2D eigenvalue weighted by Gasteiger charge is -2.33. The van der Waals surface area contributed by atoms with E-state index in [0.29, 0.717) is 17.5 Å². The molecule has 2 aliphatic rings. The van der Waals surface area contributed by atoms with Crippen molar-refractivity contribution in [3.8, 4) is 0 Å². The number of nitrogens with one attached hydrogen (secondary N) is 3. The molecule has 1 saturated heterocycles. The number of amides is 2. The molecule has 3 aromatic carbocycles. The third kappa shape index (κ3) is 8.89. The lowest BCUT2D eigenvalue weighted by molar-refractivity contribution is -0.148. The van der Waals surface area contributed by atoms with E-state index in [4.69, 9.17) is 20.1 Å². The number of β-lactam (4-membered cyclic amide) rings is 1. The zero-order valence-corrected chi connectivity index (χ0v) is 29.2. The summed E-state index contributed by atoms with van der Waals surface area (Å²) in [6.07, 6.45) is -1.02. The number of ether oxygens (including phenoxy) is 1. The van der Waals surface area contributed by atoms with Crippen molar-refractivity contribution in [1.29, 1.82) is 0 Å². The summed E-state index contributed by atoms with van der Waals surface area (Å²) in [5.41, 5.74) is 10.9. The molecule has 2 heterocycles. The van der Waals surface area contributed by atoms with E-state index in [1.807, 2.05) is 91.0 Å². The minimum absolute atomic E-state index is 0.154. The molecule has 0 aromatic heterocycles. The Morgan fingerprint density at radius 1 is 0.959 bits per heavy atom. The largest absolute Gasteiger partial charge is 0.464 e. The van der Waals surface area contributed by atoms with Gasteiger partial charge in [-0.3, -0.25) is 9.59 Å². The van der Waals surface area contributed by atoms with E-state index in [-0.39, 0.29) is 13.0 Å². The number of hydrogen-bond acceptors (Lipinski definition) is 8. The highest BCUT2D eigenvalue weighted by molar-refractivity contribution is 8.05. The topological polar surface area (TPSA) is 179 Å². The number of nitrogens with zero attached hydrogens (tertiary/aromatic N) is 5. The molecule has 2 amide bonds. The lowest BCUT2D eigenvalue weighted by Crippen LogP contribution is -2.68. The molecule has 49 heavy (non-hydrogen) atoms. The molecule has 1 unspecified atom stereocenters. The molecule has 15 heteroatoms. The van der Waals surface area contributed by atoms with Gasteiger partial charge in [0.05, 0.1) is 13.0 Å². The highest BCUT2D eigenvalue weighted by Gasteiger charge is 2.41. The molecule has 13 nitrogen and oxygen atoms in total. The van der Waals surface area contributed by atoms with Crippen molar-refractivity contribution in [2.24, 2.45) is 14.6 Å². The Morgan fingerprint density at radius 2 is 1.53 bits per heavy atom. The number of carbonyl (C=O) groups excluding carboxylic acids is 3. The molecule has 3 N–H and O–H groups in total. The van der Waals surface area contributed by atoms with Crippen LogP contribution in [-0.2, 0) is 40.2 Å². The van der Waals surface area contributed by atoms with Gasteiger partial charge in [-0.15, -0.1) is 0 Å². The maximum atomic E-state index is 13.1. The number of hydrogen-bond donors (Lipinski definition) is 3. The summed E-state index contributed by atoms with van der Waals surface area (Å²) in [5, 5.41) is 13.9. The minimum Gasteiger partial charge on any atom is -0.464 e. The third-order valence-electron chi connectivity index (χ3n) is 7.73. The predicted octanol–water partition coefficient (Wildman–Crippen LogP) is 5.04. The van der Waals surface area contributed by atoms with E-state index in [2.05, 4.69) is 50.1 Å². The highest BCUT2D eigenvalue weighted by atomic mass is 32.2. The van der Waals surface area contributed by atoms with Crippen LogP contribution in [0.25, 0.3) is 10.4 Å². The first-order chi connectivity index (χ1) is 23.6. The van der Waals surface area contributed by atoms with E-state index in [1.165, 1.54) is 0 Å². The Hall–Kier alpha value is -5.08. The van der Waals surface area contributed by atoms with Crippen molar-refractivity contribution in [2.75, 3.05) is 13.2 Å². The number of benzene rings is 3. The second-order valence-electron chi connectivity index (χ2n) is 12.6. The number of amidine groups is 1. The first kappa shape index (κ1) is 35.2. The first-order valence-corrected chi connectivity index (χ1v) is 20.6. The monoisotopic (exact) mass is 698 g/mol. The van der Waals surface area contributed by atoms with E-state index in [0.717, 1.165) is 22.7 Å². The zero-order valence-electron chi connectivity index (χ0n) is 27.4. The first-order valence-electron chi connectivity index (χ1n) is 15.7. The minimum atomic E-state index is -1.38. The molecular weight excluding hydrogens is 661 g/mol. The number of esters is 1. The maximum Gasteiger partial charge on any atom is 0.334 e. The van der Waals surface area contributed by atoms with E-state index in [1.54, 1.807) is 5.41 Å². The van der Waals surface area contributed by atoms with Crippen molar-refractivity contribution in [3.05, 3.63) is 129 Å². The van der Waals surface area contributed by atoms with Crippen LogP contribution in [0.15, 0.2) is 117 Å². The molecule has 0 aliphatic carbocycles. The Balaban J connectivity index is 1.50. The van der Waals surface area contributed by atoms with Crippen molar-refractivity contribution < 1.29 is 24.0 Å². The molecule has 3 aromatic rings. The van der Waals surface area contributed by atoms with Gasteiger partial charge in [-0.2, -0.15) is 0 Å². The smallest absolute Gasteiger partial charge is 0.334 e. The normalized spacial score (nSPS) is 19.6. The average molecular weight is 699 g/mol. The van der Waals surface area contributed by atoms with Gasteiger partial charge in [-0.25, -0.2) is 14.6 Å². The van der Waals surface area contributed by atoms with Gasteiger partial charge in [0.25, 0.3) is 0 Å². The van der Waals surface area contributed by atoms with E-state index in [9.17, 15) is 14.4 Å². The van der Waals surface area contributed by atoms with Crippen molar-refractivity contribution in [1.82, 2.24) is 16.0 Å². The molecule has 1 fully saturated rings. The van der Waals surface area contributed by atoms with Crippen molar-refractivity contribution >= 4 is 41.7 Å². The van der Waals surface area contributed by atoms with Gasteiger partial charge in [0.15, 0.2) is 11.8 Å². The molecule has 0 bridgehead atoms. The van der Waals surface area contributed by atoms with Crippen LogP contribution in [0.5, 0.6) is 0 Å². The van der Waals surface area contributed by atoms with Crippen LogP contribution >= 0.6 is 0 Å². The van der Waals surface area contributed by atoms with Gasteiger partial charge >= 0.3 is 5.97 Å². The second-order valence-corrected chi connectivity index (χ2v) is 19.6. The van der Waals surface area contributed by atoms with Gasteiger partial charge in [0, 0.05) is 34.8 Å². The molecule has 3 atom stereocenters. The van der Waals surface area contributed by atoms with Crippen LogP contribution in [0.2, 0.25) is 25.7 Å². The van der Waals surface area contributed by atoms with Crippen molar-refractivity contribution in [3.63, 3.8) is 0 Å². The summed E-state index contributed by atoms with van der Waals surface area (Å²) in [6.45, 7) is 6.54. The Kier molecular flexibility index (Phi) is 11.4. The quantitative estimate of drug-likeness (QED) is 0.0310. The summed E-state index contributed by atoms with van der Waals surface area (Å²) in [7, 11) is -2.56. The summed E-state index contributed by atoms with van der Waals surface area (Å²) in [5.74, 6) is -1.45. The lowest BCUT2D eigenvalue weighted by atomic mass is 9.77. The summed E-state index contributed by atoms with van der Waals surface area (Å²) in [4.78, 5) is 51.2. The molecule has 0 saturated carbocycles. The van der Waals surface area contributed by atoms with Gasteiger partial charge in [-0.05, 0) is 28.3 Å². The van der Waals surface area contributed by atoms with Crippen LogP contribution < -0.4 is 16.0 Å². The maximum absolute atomic E-state index is 13.1. The standard InChI is InChI=1S/C34H38N8O5SSi/c1-49(2,3)20-19-46-29(44)22-47-42-48-23-27(21-28(43)37-30-31(40-41-35)38-32(30)45)36-33(48)39-34(24-13-7-4-8-14-24,25-15-9-5-10-16-25)26-17-11-6-12-18-26/h4-18,23,30-31H,19-22H2,1-3H3,(H,36,39)(H,37,43)(H,38,45)/t30-,31-,48?/m1/s1. The van der Waals surface area contributed by atoms with Crippen molar-refractivity contribution in [2.45, 2.75) is 49.9 Å². The summed E-state index contributed by atoms with van der Waals surface area (Å²) >= 11 is 0. The Labute approximate surface area is 287 Å². The number of carbonyl (C=O) groups is 3. The molecule has 0 spiro atoms. The van der Waals surface area contributed by atoms with Gasteiger partial charge in [0.1, 0.15) is 17.7 Å². The van der Waals surface area contributed by atoms with Crippen LogP contribution in [0, 0.1) is 0 Å². The van der Waals surface area contributed by atoms with Gasteiger partial charge < -0.3 is 20.7 Å². The van der Waals surface area contributed by atoms with Gasteiger partial charge in [0.2, 0.25) is 11.8 Å². The molecule has 254 valence electrons. The number of azide groups is 1. The number of rotatable bonds is 14. The molecular formula is C34H38N8O5SSi. The fourth-order valence-electron chi connectivity index (χ4n) is 5.22. The SMILES string of the molecule is C[Si](C)(C)CCOC(=O)CON=S1C=C(CC(=O)N[C@H]2C(=O)N[C@@H]2N=[N+]=[N-])NC1=NC(c1ccccc1)(c1ccccc1)c1ccccc1. The molecule has 0 radical (unpaired) electrons. The van der Waals surface area contributed by atoms with Gasteiger partial charge in [-0.1, -0.05) is 120 Å². The van der Waals surface area contributed by atoms with E-state index < -0.39 is 54.3 Å². The van der Waals surface area contributed by atoms with Crippen LogP contribution in [0.1, 0.15) is 23.1 Å². The number of aliphatic imine (C=N–C) groups is 1. The molecule has 5 rings (SSSR count). The Bertz CT molecular complexity index is 1710. The third-order valence-corrected chi connectivity index (χ3v) is 10.8. The summed E-state index contributed by atoms with van der Waals surface area (Å²) < 4.78 is 9.74. The second kappa shape index (κ2) is 15.9. The van der Waals surface area contributed by atoms with E-state index >= 15 is 0 Å².